The van der Waals surface area contributed by atoms with E-state index in [1.54, 1.807) is 22.7 Å². The second kappa shape index (κ2) is 8.03. The molecular weight excluding hydrogens is 372 g/mol. The van der Waals surface area contributed by atoms with Gasteiger partial charge in [-0.25, -0.2) is 4.98 Å². The highest BCUT2D eigenvalue weighted by Crippen LogP contribution is 2.26. The van der Waals surface area contributed by atoms with Crippen molar-refractivity contribution in [2.45, 2.75) is 19.8 Å². The van der Waals surface area contributed by atoms with E-state index in [2.05, 4.69) is 71.1 Å². The fourth-order valence-electron chi connectivity index (χ4n) is 3.01. The van der Waals surface area contributed by atoms with Crippen LogP contribution in [-0.4, -0.2) is 17.4 Å². The van der Waals surface area contributed by atoms with Crippen LogP contribution in [0.3, 0.4) is 0 Å². The Morgan fingerprint density at radius 1 is 1.04 bits per heavy atom. The molecule has 0 aliphatic heterocycles. The van der Waals surface area contributed by atoms with Gasteiger partial charge in [-0.3, -0.25) is 4.79 Å². The molecule has 27 heavy (non-hydrogen) atoms. The monoisotopic (exact) mass is 392 g/mol. The minimum atomic E-state index is 0.0234. The van der Waals surface area contributed by atoms with Crippen molar-refractivity contribution in [1.82, 2.24) is 10.3 Å². The minimum absolute atomic E-state index is 0.0234. The predicted octanol–water partition coefficient (Wildman–Crippen LogP) is 5.23. The normalized spacial score (nSPS) is 11.0. The number of hydrogen-bond acceptors (Lipinski definition) is 4. The molecule has 0 bridgehead atoms. The van der Waals surface area contributed by atoms with E-state index in [1.807, 2.05) is 5.38 Å². The Kier molecular flexibility index (Phi) is 5.32. The van der Waals surface area contributed by atoms with Gasteiger partial charge in [0.15, 0.2) is 0 Å². The van der Waals surface area contributed by atoms with Gasteiger partial charge in [-0.1, -0.05) is 48.0 Å². The number of hydrogen-bond donors (Lipinski definition) is 1. The van der Waals surface area contributed by atoms with Crippen molar-refractivity contribution in [3.05, 3.63) is 76.1 Å². The first-order chi connectivity index (χ1) is 13.2. The number of nitrogens with one attached hydrogen (secondary N) is 1. The molecule has 2 aromatic carbocycles. The quantitative estimate of drug-likeness (QED) is 0.488. The zero-order valence-corrected chi connectivity index (χ0v) is 16.7. The van der Waals surface area contributed by atoms with Gasteiger partial charge in [-0.05, 0) is 35.7 Å². The van der Waals surface area contributed by atoms with Crippen LogP contribution in [0.15, 0.2) is 59.3 Å². The SMILES string of the molecule is Cc1ccc(-c2nc(CC(=O)NCCc3csc4ccccc34)cs2)cc1. The Labute approximate surface area is 166 Å². The summed E-state index contributed by atoms with van der Waals surface area (Å²) in [6, 6.07) is 16.7. The summed E-state index contributed by atoms with van der Waals surface area (Å²) in [7, 11) is 0. The number of carbonyl (C=O) groups excluding carboxylic acids is 1. The highest BCUT2D eigenvalue weighted by atomic mass is 32.1. The summed E-state index contributed by atoms with van der Waals surface area (Å²) in [4.78, 5) is 16.9. The van der Waals surface area contributed by atoms with E-state index < -0.39 is 0 Å². The number of thiazole rings is 1. The molecule has 4 rings (SSSR count). The Bertz CT molecular complexity index is 1060. The smallest absolute Gasteiger partial charge is 0.226 e. The van der Waals surface area contributed by atoms with E-state index in [0.29, 0.717) is 13.0 Å². The fourth-order valence-corrected chi connectivity index (χ4v) is 4.83. The van der Waals surface area contributed by atoms with Gasteiger partial charge >= 0.3 is 0 Å². The standard InChI is InChI=1S/C22H20N2OS2/c1-15-6-8-16(9-7-15)22-24-18(14-27-22)12-21(25)23-11-10-17-13-26-20-5-3-2-4-19(17)20/h2-9,13-14H,10-12H2,1H3,(H,23,25). The van der Waals surface area contributed by atoms with Crippen LogP contribution in [0.4, 0.5) is 0 Å². The van der Waals surface area contributed by atoms with E-state index in [0.717, 1.165) is 22.7 Å². The Hall–Kier alpha value is -2.50. The summed E-state index contributed by atoms with van der Waals surface area (Å²) in [5, 5.41) is 9.43. The summed E-state index contributed by atoms with van der Waals surface area (Å²) in [5.41, 5.74) is 4.45. The van der Waals surface area contributed by atoms with Gasteiger partial charge in [0.05, 0.1) is 12.1 Å². The fraction of sp³-hybridized carbons (Fsp3) is 0.182. The molecule has 0 spiro atoms. The van der Waals surface area contributed by atoms with Crippen molar-refractivity contribution in [1.29, 1.82) is 0 Å². The van der Waals surface area contributed by atoms with Gasteiger partial charge in [0.1, 0.15) is 5.01 Å². The maximum absolute atomic E-state index is 12.3. The third kappa shape index (κ3) is 4.26. The number of thiophene rings is 1. The molecule has 0 aliphatic carbocycles. The molecule has 0 saturated heterocycles. The largest absolute Gasteiger partial charge is 0.355 e. The number of aryl methyl sites for hydroxylation is 1. The number of carbonyl (C=O) groups is 1. The number of benzene rings is 2. The molecule has 0 saturated carbocycles. The lowest BCUT2D eigenvalue weighted by molar-refractivity contribution is -0.120. The molecule has 1 amide bonds. The van der Waals surface area contributed by atoms with E-state index in [9.17, 15) is 4.79 Å². The zero-order valence-electron chi connectivity index (χ0n) is 15.1. The second-order valence-corrected chi connectivity index (χ2v) is 8.31. The lowest BCUT2D eigenvalue weighted by atomic mass is 10.1. The third-order valence-electron chi connectivity index (χ3n) is 4.47. The third-order valence-corrected chi connectivity index (χ3v) is 6.42. The Morgan fingerprint density at radius 2 is 1.85 bits per heavy atom. The van der Waals surface area contributed by atoms with Gasteiger partial charge in [0.2, 0.25) is 5.91 Å². The molecule has 0 fully saturated rings. The summed E-state index contributed by atoms with van der Waals surface area (Å²) in [5.74, 6) is 0.0234. The van der Waals surface area contributed by atoms with Gasteiger partial charge in [-0.2, -0.15) is 0 Å². The molecule has 2 aromatic heterocycles. The van der Waals surface area contributed by atoms with Gasteiger partial charge in [0.25, 0.3) is 0 Å². The number of nitrogens with zero attached hydrogens (tertiary/aromatic N) is 1. The van der Waals surface area contributed by atoms with Gasteiger partial charge in [0, 0.05) is 22.2 Å². The van der Waals surface area contributed by atoms with E-state index >= 15 is 0 Å². The van der Waals surface area contributed by atoms with Crippen LogP contribution < -0.4 is 5.32 Å². The van der Waals surface area contributed by atoms with Crippen molar-refractivity contribution in [2.24, 2.45) is 0 Å². The molecule has 3 nitrogen and oxygen atoms in total. The molecule has 2 heterocycles. The number of aromatic nitrogens is 1. The Balaban J connectivity index is 1.31. The molecule has 4 aromatic rings. The van der Waals surface area contributed by atoms with Crippen molar-refractivity contribution >= 4 is 38.7 Å². The number of rotatable bonds is 6. The van der Waals surface area contributed by atoms with Gasteiger partial charge < -0.3 is 5.32 Å². The van der Waals surface area contributed by atoms with Crippen LogP contribution in [0, 0.1) is 6.92 Å². The molecule has 0 atom stereocenters. The van der Waals surface area contributed by atoms with Crippen molar-refractivity contribution in [3.8, 4) is 10.6 Å². The summed E-state index contributed by atoms with van der Waals surface area (Å²) in [6.07, 6.45) is 1.17. The first-order valence-electron chi connectivity index (χ1n) is 8.92. The molecule has 136 valence electrons. The predicted molar refractivity (Wildman–Crippen MR) is 115 cm³/mol. The molecule has 1 N–H and O–H groups in total. The van der Waals surface area contributed by atoms with E-state index in [4.69, 9.17) is 0 Å². The molecule has 5 heteroatoms. The van der Waals surface area contributed by atoms with Crippen LogP contribution >= 0.6 is 22.7 Å². The first-order valence-corrected chi connectivity index (χ1v) is 10.7. The van der Waals surface area contributed by atoms with Gasteiger partial charge in [-0.15, -0.1) is 22.7 Å². The summed E-state index contributed by atoms with van der Waals surface area (Å²) in [6.45, 7) is 2.72. The first kappa shape index (κ1) is 17.9. The van der Waals surface area contributed by atoms with Crippen LogP contribution in [-0.2, 0) is 17.6 Å². The average Bonchev–Trinajstić information content (AvgIpc) is 3.30. The average molecular weight is 393 g/mol. The highest BCUT2D eigenvalue weighted by molar-refractivity contribution is 7.17. The minimum Gasteiger partial charge on any atom is -0.355 e. The maximum Gasteiger partial charge on any atom is 0.226 e. The van der Waals surface area contributed by atoms with Crippen molar-refractivity contribution in [2.75, 3.05) is 6.54 Å². The number of amides is 1. The van der Waals surface area contributed by atoms with E-state index in [1.165, 1.54) is 21.2 Å². The summed E-state index contributed by atoms with van der Waals surface area (Å²) >= 11 is 3.34. The highest BCUT2D eigenvalue weighted by Gasteiger charge is 2.09. The van der Waals surface area contributed by atoms with Crippen molar-refractivity contribution in [3.63, 3.8) is 0 Å². The van der Waals surface area contributed by atoms with E-state index in [-0.39, 0.29) is 5.91 Å². The number of fused-ring (bicyclic) bond motifs is 1. The van der Waals surface area contributed by atoms with Crippen LogP contribution in [0.1, 0.15) is 16.8 Å². The van der Waals surface area contributed by atoms with Crippen LogP contribution in [0.5, 0.6) is 0 Å². The molecule has 0 unspecified atom stereocenters. The Morgan fingerprint density at radius 3 is 2.70 bits per heavy atom. The van der Waals surface area contributed by atoms with Crippen molar-refractivity contribution < 1.29 is 4.79 Å². The molecule has 0 aliphatic rings. The topological polar surface area (TPSA) is 42.0 Å². The van der Waals surface area contributed by atoms with Crippen LogP contribution in [0.25, 0.3) is 20.7 Å². The molecular formula is C22H20N2OS2. The lowest BCUT2D eigenvalue weighted by Crippen LogP contribution is -2.27. The second-order valence-electron chi connectivity index (χ2n) is 6.54. The maximum atomic E-state index is 12.3. The zero-order chi connectivity index (χ0) is 18.6. The summed E-state index contributed by atoms with van der Waals surface area (Å²) < 4.78 is 1.30. The molecule has 0 radical (unpaired) electrons. The van der Waals surface area contributed by atoms with Crippen LogP contribution in [0.2, 0.25) is 0 Å². The lowest BCUT2D eigenvalue weighted by Gasteiger charge is -2.04.